The monoisotopic (exact) mass is 437 g/mol. The number of nitrogens with zero attached hydrogens (tertiary/aromatic N) is 2. The molecule has 8 heteroatoms. The molecule has 0 bridgehead atoms. The Morgan fingerprint density at radius 2 is 1.84 bits per heavy atom. The lowest BCUT2D eigenvalue weighted by Crippen LogP contribution is -2.14. The first-order valence-corrected chi connectivity index (χ1v) is 10.2. The number of rotatable bonds is 9. The van der Waals surface area contributed by atoms with Crippen molar-refractivity contribution in [2.75, 3.05) is 11.9 Å². The van der Waals surface area contributed by atoms with E-state index < -0.39 is 5.97 Å². The highest BCUT2D eigenvalue weighted by Gasteiger charge is 2.12. The molecular weight excluding hydrogens is 414 g/mol. The van der Waals surface area contributed by atoms with Gasteiger partial charge in [0, 0.05) is 30.3 Å². The molecule has 3 rings (SSSR count). The molecule has 2 heterocycles. The zero-order chi connectivity index (χ0) is 22.2. The van der Waals surface area contributed by atoms with E-state index in [1.54, 1.807) is 18.2 Å². The van der Waals surface area contributed by atoms with Crippen LogP contribution >= 0.6 is 12.2 Å². The van der Waals surface area contributed by atoms with Crippen LogP contribution in [0.15, 0.2) is 60.8 Å². The minimum Gasteiger partial charge on any atom is -0.478 e. The summed E-state index contributed by atoms with van der Waals surface area (Å²) in [6.07, 6.45) is 1.95. The van der Waals surface area contributed by atoms with Crippen molar-refractivity contribution in [3.05, 3.63) is 77.5 Å². The number of aromatic nitrogens is 2. The van der Waals surface area contributed by atoms with E-state index in [2.05, 4.69) is 15.3 Å². The van der Waals surface area contributed by atoms with Gasteiger partial charge in [0.1, 0.15) is 10.8 Å². The maximum absolute atomic E-state index is 11.0. The van der Waals surface area contributed by atoms with Gasteiger partial charge in [-0.25, -0.2) is 9.78 Å². The van der Waals surface area contributed by atoms with E-state index in [1.807, 2.05) is 44.2 Å². The van der Waals surface area contributed by atoms with Gasteiger partial charge in [-0.1, -0.05) is 42.5 Å². The molecule has 2 N–H and O–H groups in total. The Morgan fingerprint density at radius 1 is 1.10 bits per heavy atom. The number of carboxylic acid groups (broad SMARTS) is 1. The summed E-state index contributed by atoms with van der Waals surface area (Å²) in [5.41, 5.74) is 1.92. The second kappa shape index (κ2) is 10.5. The molecule has 0 aliphatic rings. The van der Waals surface area contributed by atoms with E-state index in [0.29, 0.717) is 34.7 Å². The van der Waals surface area contributed by atoms with Crippen LogP contribution in [0.25, 0.3) is 0 Å². The quantitative estimate of drug-likeness (QED) is 0.477. The standard InChI is InChI=1S/C23H23N3O4S/c1-15(2)30-21-13-18(22(31)25-19-9-8-17(14-24-19)23(27)28)12-20(26-21)29-11-10-16-6-4-3-5-7-16/h3-9,12-15H,10-11H2,1-2H3,(H,27,28)(H,24,25,31). The highest BCUT2D eigenvalue weighted by atomic mass is 32.1. The van der Waals surface area contributed by atoms with Crippen LogP contribution in [0.5, 0.6) is 11.8 Å². The predicted molar refractivity (Wildman–Crippen MR) is 122 cm³/mol. The largest absolute Gasteiger partial charge is 0.478 e. The number of hydrogen-bond donors (Lipinski definition) is 2. The molecule has 0 fully saturated rings. The van der Waals surface area contributed by atoms with Crippen LogP contribution in [0.2, 0.25) is 0 Å². The van der Waals surface area contributed by atoms with Gasteiger partial charge < -0.3 is 19.9 Å². The Balaban J connectivity index is 1.73. The van der Waals surface area contributed by atoms with Crippen molar-refractivity contribution in [3.63, 3.8) is 0 Å². The molecule has 0 aliphatic heterocycles. The van der Waals surface area contributed by atoms with Crippen LogP contribution in [0, 0.1) is 0 Å². The van der Waals surface area contributed by atoms with Gasteiger partial charge in [-0.3, -0.25) is 0 Å². The molecule has 7 nitrogen and oxygen atoms in total. The third-order valence-corrected chi connectivity index (χ3v) is 4.47. The van der Waals surface area contributed by atoms with Gasteiger partial charge in [0.15, 0.2) is 0 Å². The molecule has 0 radical (unpaired) electrons. The van der Waals surface area contributed by atoms with Crippen LogP contribution in [0.4, 0.5) is 5.82 Å². The number of nitrogens with one attached hydrogen (secondary N) is 1. The fourth-order valence-electron chi connectivity index (χ4n) is 2.69. The molecule has 31 heavy (non-hydrogen) atoms. The van der Waals surface area contributed by atoms with Gasteiger partial charge in [-0.2, -0.15) is 4.98 Å². The van der Waals surface area contributed by atoms with Crippen LogP contribution in [0.3, 0.4) is 0 Å². The van der Waals surface area contributed by atoms with Gasteiger partial charge in [-0.05, 0) is 31.5 Å². The van der Waals surface area contributed by atoms with Crippen molar-refractivity contribution in [2.45, 2.75) is 26.4 Å². The Kier molecular flexibility index (Phi) is 7.50. The van der Waals surface area contributed by atoms with Crippen molar-refractivity contribution < 1.29 is 19.4 Å². The number of ether oxygens (including phenoxy) is 2. The van der Waals surface area contributed by atoms with Crippen molar-refractivity contribution in [3.8, 4) is 11.8 Å². The summed E-state index contributed by atoms with van der Waals surface area (Å²) in [4.78, 5) is 19.9. The van der Waals surface area contributed by atoms with Gasteiger partial charge in [0.2, 0.25) is 11.8 Å². The Labute approximate surface area is 186 Å². The lowest BCUT2D eigenvalue weighted by Gasteiger charge is -2.14. The number of anilines is 1. The summed E-state index contributed by atoms with van der Waals surface area (Å²) < 4.78 is 11.6. The first-order valence-electron chi connectivity index (χ1n) is 9.77. The van der Waals surface area contributed by atoms with Crippen molar-refractivity contribution in [2.24, 2.45) is 0 Å². The summed E-state index contributed by atoms with van der Waals surface area (Å²) in [5, 5.41) is 12.0. The van der Waals surface area contributed by atoms with Gasteiger partial charge >= 0.3 is 5.97 Å². The Hall–Kier alpha value is -3.52. The molecule has 1 aromatic carbocycles. The molecule has 0 saturated heterocycles. The van der Waals surface area contributed by atoms with E-state index in [-0.39, 0.29) is 11.7 Å². The van der Waals surface area contributed by atoms with E-state index in [9.17, 15) is 4.79 Å². The fourth-order valence-corrected chi connectivity index (χ4v) is 2.91. The predicted octanol–water partition coefficient (Wildman–Crippen LogP) is 4.37. The summed E-state index contributed by atoms with van der Waals surface area (Å²) in [6, 6.07) is 16.5. The molecular formula is C23H23N3O4S. The molecule has 0 atom stereocenters. The zero-order valence-corrected chi connectivity index (χ0v) is 18.1. The topological polar surface area (TPSA) is 93.6 Å². The average molecular weight is 438 g/mol. The summed E-state index contributed by atoms with van der Waals surface area (Å²) in [7, 11) is 0. The number of aromatic carboxylic acids is 1. The number of carbonyl (C=O) groups is 1. The third kappa shape index (κ3) is 6.75. The molecule has 160 valence electrons. The van der Waals surface area contributed by atoms with E-state index >= 15 is 0 Å². The second-order valence-electron chi connectivity index (χ2n) is 6.97. The van der Waals surface area contributed by atoms with Crippen molar-refractivity contribution >= 4 is 29.0 Å². The van der Waals surface area contributed by atoms with Crippen LogP contribution in [-0.2, 0) is 6.42 Å². The number of carboxylic acids is 1. The Bertz CT molecular complexity index is 1040. The van der Waals surface area contributed by atoms with E-state index in [1.165, 1.54) is 17.8 Å². The highest BCUT2D eigenvalue weighted by Crippen LogP contribution is 2.21. The van der Waals surface area contributed by atoms with E-state index in [4.69, 9.17) is 26.8 Å². The first kappa shape index (κ1) is 22.2. The normalized spacial score (nSPS) is 10.5. The second-order valence-corrected chi connectivity index (χ2v) is 7.38. The third-order valence-electron chi connectivity index (χ3n) is 4.13. The molecule has 0 unspecified atom stereocenters. The van der Waals surface area contributed by atoms with Gasteiger partial charge in [0.25, 0.3) is 0 Å². The summed E-state index contributed by atoms with van der Waals surface area (Å²) in [5.74, 6) is 0.205. The number of hydrogen-bond acceptors (Lipinski definition) is 6. The lowest BCUT2D eigenvalue weighted by atomic mass is 10.2. The lowest BCUT2D eigenvalue weighted by molar-refractivity contribution is 0.0696. The van der Waals surface area contributed by atoms with Gasteiger partial charge in [0.05, 0.1) is 18.3 Å². The molecule has 0 aliphatic carbocycles. The SMILES string of the molecule is CC(C)Oc1cc(C(=S)Nc2ccc(C(=O)O)cn2)cc(OCCc2ccccc2)n1. The number of pyridine rings is 2. The number of thiocarbonyl (C=S) groups is 1. The fraction of sp³-hybridized carbons (Fsp3) is 0.217. The summed E-state index contributed by atoms with van der Waals surface area (Å²) in [6.45, 7) is 4.28. The van der Waals surface area contributed by atoms with Crippen LogP contribution in [-0.4, -0.2) is 38.7 Å². The van der Waals surface area contributed by atoms with Crippen LogP contribution < -0.4 is 14.8 Å². The highest BCUT2D eigenvalue weighted by molar-refractivity contribution is 7.81. The van der Waals surface area contributed by atoms with E-state index in [0.717, 1.165) is 6.42 Å². The van der Waals surface area contributed by atoms with Crippen LogP contribution in [0.1, 0.15) is 35.3 Å². The molecule has 2 aromatic heterocycles. The molecule has 0 saturated carbocycles. The smallest absolute Gasteiger partial charge is 0.337 e. The zero-order valence-electron chi connectivity index (χ0n) is 17.2. The number of benzene rings is 1. The maximum atomic E-state index is 11.0. The first-order chi connectivity index (χ1) is 14.9. The minimum atomic E-state index is -1.04. The van der Waals surface area contributed by atoms with Crippen molar-refractivity contribution in [1.82, 2.24) is 9.97 Å². The summed E-state index contributed by atoms with van der Waals surface area (Å²) >= 11 is 5.50. The molecule has 0 amide bonds. The maximum Gasteiger partial charge on any atom is 0.337 e. The molecule has 3 aromatic rings. The minimum absolute atomic E-state index is 0.0633. The molecule has 0 spiro atoms. The Morgan fingerprint density at radius 3 is 2.48 bits per heavy atom. The van der Waals surface area contributed by atoms with Crippen molar-refractivity contribution in [1.29, 1.82) is 0 Å². The van der Waals surface area contributed by atoms with Gasteiger partial charge in [-0.15, -0.1) is 0 Å². The average Bonchev–Trinajstić information content (AvgIpc) is 2.74.